The van der Waals surface area contributed by atoms with Gasteiger partial charge in [0.05, 0.1) is 23.6 Å². The van der Waals surface area contributed by atoms with E-state index in [9.17, 15) is 14.4 Å². The molecule has 6 nitrogen and oxygen atoms in total. The topological polar surface area (TPSA) is 72.9 Å². The first kappa shape index (κ1) is 14.1. The maximum Gasteiger partial charge on any atom is 0.302 e. The average Bonchev–Trinajstić information content (AvgIpc) is 3.17. The zero-order valence-corrected chi connectivity index (χ0v) is 12.5. The third kappa shape index (κ3) is 1.88. The molecule has 6 heteroatoms. The van der Waals surface area contributed by atoms with Crippen LogP contribution < -0.4 is 4.90 Å². The van der Waals surface area contributed by atoms with Crippen molar-refractivity contribution in [1.29, 1.82) is 0 Å². The first-order chi connectivity index (χ1) is 11.0. The van der Waals surface area contributed by atoms with Crippen LogP contribution in [0.25, 0.3) is 0 Å². The first-order valence-corrected chi connectivity index (χ1v) is 7.47. The van der Waals surface area contributed by atoms with Crippen LogP contribution in [0.2, 0.25) is 0 Å². The third-order valence-electron chi connectivity index (χ3n) is 4.67. The monoisotopic (exact) mass is 313 g/mol. The maximum absolute atomic E-state index is 12.9. The molecule has 4 rings (SSSR count). The summed E-state index contributed by atoms with van der Waals surface area (Å²) in [5.74, 6) is -2.21. The number of amides is 2. The molecule has 118 valence electrons. The Hall–Kier alpha value is -2.47. The molecule has 0 unspecified atom stereocenters. The Morgan fingerprint density at radius 3 is 2.70 bits per heavy atom. The number of esters is 1. The van der Waals surface area contributed by atoms with Crippen molar-refractivity contribution < 1.29 is 23.9 Å². The lowest BCUT2D eigenvalue weighted by molar-refractivity contribution is -0.150. The van der Waals surface area contributed by atoms with Crippen molar-refractivity contribution in [2.75, 3.05) is 11.5 Å². The Morgan fingerprint density at radius 2 is 2.00 bits per heavy atom. The Kier molecular flexibility index (Phi) is 2.93. The van der Waals surface area contributed by atoms with E-state index in [0.29, 0.717) is 5.69 Å². The van der Waals surface area contributed by atoms with Gasteiger partial charge in [0.1, 0.15) is 12.2 Å². The number of nitrogens with zero attached hydrogens (tertiary/aromatic N) is 1. The molecule has 0 radical (unpaired) electrons. The summed E-state index contributed by atoms with van der Waals surface area (Å²) in [6, 6.07) is 8.84. The predicted molar refractivity (Wildman–Crippen MR) is 79.3 cm³/mol. The SMILES string of the molecule is CC(=O)OC[C@]12C=C[C@@H](O1)[C@H]1C(=O)N(c3ccccc3)C(=O)[C@@H]12. The number of ether oxygens (including phenoxy) is 2. The van der Waals surface area contributed by atoms with E-state index in [-0.39, 0.29) is 18.4 Å². The van der Waals surface area contributed by atoms with Crippen LogP contribution in [0.3, 0.4) is 0 Å². The number of hydrogen-bond acceptors (Lipinski definition) is 5. The van der Waals surface area contributed by atoms with Crippen molar-refractivity contribution in [3.63, 3.8) is 0 Å². The van der Waals surface area contributed by atoms with Crippen molar-refractivity contribution in [3.8, 4) is 0 Å². The van der Waals surface area contributed by atoms with Gasteiger partial charge in [0.2, 0.25) is 11.8 Å². The van der Waals surface area contributed by atoms with E-state index in [1.807, 2.05) is 6.07 Å². The molecule has 4 atom stereocenters. The first-order valence-electron chi connectivity index (χ1n) is 7.47. The molecule has 3 aliphatic rings. The van der Waals surface area contributed by atoms with E-state index in [0.717, 1.165) is 0 Å². The van der Waals surface area contributed by atoms with E-state index in [1.165, 1.54) is 11.8 Å². The van der Waals surface area contributed by atoms with Crippen LogP contribution in [0.4, 0.5) is 5.69 Å². The fraction of sp³-hybridized carbons (Fsp3) is 0.353. The molecule has 0 spiro atoms. The lowest BCUT2D eigenvalue weighted by atomic mass is 9.77. The maximum atomic E-state index is 12.9. The summed E-state index contributed by atoms with van der Waals surface area (Å²) in [6.07, 6.45) is 3.09. The van der Waals surface area contributed by atoms with E-state index in [2.05, 4.69) is 0 Å². The minimum atomic E-state index is -1.03. The van der Waals surface area contributed by atoms with Crippen LogP contribution >= 0.6 is 0 Å². The Balaban J connectivity index is 1.70. The fourth-order valence-corrected chi connectivity index (χ4v) is 3.71. The predicted octanol–water partition coefficient (Wildman–Crippen LogP) is 1.06. The van der Waals surface area contributed by atoms with E-state index >= 15 is 0 Å². The molecule has 3 heterocycles. The minimum Gasteiger partial charge on any atom is -0.462 e. The third-order valence-corrected chi connectivity index (χ3v) is 4.67. The van der Waals surface area contributed by atoms with Gasteiger partial charge in [-0.3, -0.25) is 14.4 Å². The Morgan fingerprint density at radius 1 is 1.26 bits per heavy atom. The average molecular weight is 313 g/mol. The van der Waals surface area contributed by atoms with Gasteiger partial charge in [-0.05, 0) is 18.2 Å². The second kappa shape index (κ2) is 4.76. The smallest absolute Gasteiger partial charge is 0.302 e. The van der Waals surface area contributed by atoms with Crippen LogP contribution in [-0.4, -0.2) is 36.1 Å². The van der Waals surface area contributed by atoms with Gasteiger partial charge in [0.15, 0.2) is 0 Å². The molecule has 3 aliphatic heterocycles. The molecular weight excluding hydrogens is 298 g/mol. The van der Waals surface area contributed by atoms with Crippen molar-refractivity contribution >= 4 is 23.5 Å². The lowest BCUT2D eigenvalue weighted by Gasteiger charge is -2.28. The molecule has 2 fully saturated rings. The van der Waals surface area contributed by atoms with Gasteiger partial charge in [-0.1, -0.05) is 24.3 Å². The minimum absolute atomic E-state index is 0.0574. The van der Waals surface area contributed by atoms with Crippen LogP contribution in [0, 0.1) is 11.8 Å². The number of anilines is 1. The van der Waals surface area contributed by atoms with Gasteiger partial charge in [-0.15, -0.1) is 0 Å². The number of rotatable bonds is 3. The molecule has 2 saturated heterocycles. The highest BCUT2D eigenvalue weighted by Gasteiger charge is 2.68. The van der Waals surface area contributed by atoms with Crippen LogP contribution in [0.5, 0.6) is 0 Å². The number of carbonyl (C=O) groups is 3. The largest absolute Gasteiger partial charge is 0.462 e. The van der Waals surface area contributed by atoms with Crippen molar-refractivity contribution in [2.24, 2.45) is 11.8 Å². The molecule has 0 aliphatic carbocycles. The van der Waals surface area contributed by atoms with Crippen LogP contribution in [0.15, 0.2) is 42.5 Å². The quantitative estimate of drug-likeness (QED) is 0.474. The highest BCUT2D eigenvalue weighted by molar-refractivity contribution is 6.23. The number of para-hydroxylation sites is 1. The molecule has 23 heavy (non-hydrogen) atoms. The second-order valence-electron chi connectivity index (χ2n) is 6.03. The van der Waals surface area contributed by atoms with Crippen LogP contribution in [0.1, 0.15) is 6.92 Å². The Bertz CT molecular complexity index is 728. The lowest BCUT2D eigenvalue weighted by Crippen LogP contribution is -2.44. The number of imide groups is 1. The van der Waals surface area contributed by atoms with E-state index < -0.39 is 29.5 Å². The van der Waals surface area contributed by atoms with Gasteiger partial charge in [0, 0.05) is 6.92 Å². The van der Waals surface area contributed by atoms with E-state index in [1.54, 1.807) is 36.4 Å². The summed E-state index contributed by atoms with van der Waals surface area (Å²) in [6.45, 7) is 1.25. The number of carbonyl (C=O) groups excluding carboxylic acids is 3. The van der Waals surface area contributed by atoms with Gasteiger partial charge in [0.25, 0.3) is 0 Å². The summed E-state index contributed by atoms with van der Waals surface area (Å²) in [5.41, 5.74) is -0.476. The molecule has 1 aromatic rings. The molecule has 0 saturated carbocycles. The van der Waals surface area contributed by atoms with Crippen molar-refractivity contribution in [1.82, 2.24) is 0 Å². The highest BCUT2D eigenvalue weighted by Crippen LogP contribution is 2.52. The summed E-state index contributed by atoms with van der Waals surface area (Å²) < 4.78 is 10.9. The highest BCUT2D eigenvalue weighted by atomic mass is 16.6. The summed E-state index contributed by atoms with van der Waals surface area (Å²) in [5, 5.41) is 0. The van der Waals surface area contributed by atoms with Gasteiger partial charge >= 0.3 is 5.97 Å². The molecule has 2 amide bonds. The molecule has 2 bridgehead atoms. The summed E-state index contributed by atoms with van der Waals surface area (Å²) >= 11 is 0. The van der Waals surface area contributed by atoms with Crippen molar-refractivity contribution in [2.45, 2.75) is 18.6 Å². The summed E-state index contributed by atoms with van der Waals surface area (Å²) in [4.78, 5) is 38.0. The molecular formula is C17H15NO5. The molecule has 0 aromatic heterocycles. The van der Waals surface area contributed by atoms with Gasteiger partial charge < -0.3 is 9.47 Å². The second-order valence-corrected chi connectivity index (χ2v) is 6.03. The zero-order chi connectivity index (χ0) is 16.2. The number of hydrogen-bond donors (Lipinski definition) is 0. The van der Waals surface area contributed by atoms with Crippen molar-refractivity contribution in [3.05, 3.63) is 42.5 Å². The summed E-state index contributed by atoms with van der Waals surface area (Å²) in [7, 11) is 0. The van der Waals surface area contributed by atoms with Crippen LogP contribution in [-0.2, 0) is 23.9 Å². The number of fused-ring (bicyclic) bond motifs is 5. The van der Waals surface area contributed by atoms with Gasteiger partial charge in [-0.25, -0.2) is 4.90 Å². The molecule has 1 aromatic carbocycles. The standard InChI is InChI=1S/C17H15NO5/c1-10(19)22-9-17-8-7-12(23-17)13-14(17)16(21)18(15(13)20)11-5-3-2-4-6-11/h2-8,12-14H,9H2,1H3/t12-,13-,14-,17+/m1/s1. The fourth-order valence-electron chi connectivity index (χ4n) is 3.71. The van der Waals surface area contributed by atoms with E-state index in [4.69, 9.17) is 9.47 Å². The normalized spacial score (nSPS) is 34.1. The number of benzene rings is 1. The Labute approximate surface area is 132 Å². The zero-order valence-electron chi connectivity index (χ0n) is 12.5. The van der Waals surface area contributed by atoms with Gasteiger partial charge in [-0.2, -0.15) is 0 Å². The molecule has 0 N–H and O–H groups in total.